The Bertz CT molecular complexity index is 884. The van der Waals surface area contributed by atoms with Crippen LogP contribution in [0, 0.1) is 0 Å². The van der Waals surface area contributed by atoms with Gasteiger partial charge in [0.2, 0.25) is 0 Å². The molecule has 1 heterocycles. The number of ether oxygens (including phenoxy) is 1. The number of alkyl halides is 3. The van der Waals surface area contributed by atoms with Gasteiger partial charge in [-0.3, -0.25) is 9.69 Å². The number of hydrogen-bond donors (Lipinski definition) is 1. The molecule has 27 heavy (non-hydrogen) atoms. The van der Waals surface area contributed by atoms with Crippen molar-refractivity contribution in [1.29, 1.82) is 0 Å². The Kier molecular flexibility index (Phi) is 5.14. The number of nitrogens with one attached hydrogen (secondary N) is 1. The van der Waals surface area contributed by atoms with E-state index in [0.29, 0.717) is 21.3 Å². The predicted octanol–water partition coefficient (Wildman–Crippen LogP) is 4.27. The summed E-state index contributed by atoms with van der Waals surface area (Å²) in [6, 6.07) is 7.86. The van der Waals surface area contributed by atoms with E-state index >= 15 is 0 Å². The van der Waals surface area contributed by atoms with E-state index in [0.717, 1.165) is 17.0 Å². The third kappa shape index (κ3) is 3.92. The Morgan fingerprint density at radius 1 is 1.15 bits per heavy atom. The highest BCUT2D eigenvalue weighted by Gasteiger charge is 2.40. The Morgan fingerprint density at radius 3 is 2.41 bits per heavy atom. The van der Waals surface area contributed by atoms with Crippen molar-refractivity contribution >= 4 is 27.9 Å². The minimum absolute atomic E-state index is 0.129. The molecule has 0 aromatic heterocycles. The SMILES string of the molecule is COc1ccc(Br)cc1[C@H]1NC(=O)N(Cc2ccc(C(F)(F)F)cc2)C1=O. The number of methoxy groups -OCH3 is 1. The number of halogens is 4. The molecule has 3 amide bonds. The molecule has 142 valence electrons. The highest BCUT2D eigenvalue weighted by Crippen LogP contribution is 2.33. The molecule has 1 N–H and O–H groups in total. The summed E-state index contributed by atoms with van der Waals surface area (Å²) in [5.74, 6) is -0.0653. The lowest BCUT2D eigenvalue weighted by atomic mass is 10.1. The molecular formula is C18H14BrF3N2O3. The van der Waals surface area contributed by atoms with Crippen LogP contribution in [0.15, 0.2) is 46.9 Å². The lowest BCUT2D eigenvalue weighted by Crippen LogP contribution is -2.30. The average molecular weight is 443 g/mol. The zero-order valence-electron chi connectivity index (χ0n) is 14.0. The Hall–Kier alpha value is -2.55. The van der Waals surface area contributed by atoms with E-state index in [1.165, 1.54) is 19.2 Å². The van der Waals surface area contributed by atoms with E-state index in [4.69, 9.17) is 4.74 Å². The van der Waals surface area contributed by atoms with Gasteiger partial charge in [-0.05, 0) is 35.9 Å². The molecule has 0 unspecified atom stereocenters. The van der Waals surface area contributed by atoms with Crippen LogP contribution in [0.2, 0.25) is 0 Å². The summed E-state index contributed by atoms with van der Waals surface area (Å²) in [6.45, 7) is -0.129. The van der Waals surface area contributed by atoms with Crippen molar-refractivity contribution in [2.45, 2.75) is 18.8 Å². The molecule has 1 atom stereocenters. The van der Waals surface area contributed by atoms with Crippen LogP contribution in [0.5, 0.6) is 5.75 Å². The summed E-state index contributed by atoms with van der Waals surface area (Å²) in [5, 5.41) is 2.58. The van der Waals surface area contributed by atoms with E-state index in [9.17, 15) is 22.8 Å². The zero-order chi connectivity index (χ0) is 19.8. The summed E-state index contributed by atoms with van der Waals surface area (Å²) in [5.41, 5.74) is 0.105. The number of rotatable bonds is 4. The molecule has 0 radical (unpaired) electrons. The average Bonchev–Trinajstić information content (AvgIpc) is 2.89. The number of carbonyl (C=O) groups is 2. The van der Waals surface area contributed by atoms with Gasteiger partial charge in [-0.25, -0.2) is 4.79 Å². The molecule has 1 aliphatic heterocycles. The summed E-state index contributed by atoms with van der Waals surface area (Å²) < 4.78 is 43.9. The molecule has 0 spiro atoms. The second-order valence-electron chi connectivity index (χ2n) is 5.89. The quantitative estimate of drug-likeness (QED) is 0.719. The molecule has 0 bridgehead atoms. The minimum atomic E-state index is -4.44. The molecule has 2 aromatic rings. The largest absolute Gasteiger partial charge is 0.496 e. The lowest BCUT2D eigenvalue weighted by molar-refractivity contribution is -0.137. The van der Waals surface area contributed by atoms with Crippen LogP contribution in [0.1, 0.15) is 22.7 Å². The minimum Gasteiger partial charge on any atom is -0.496 e. The number of hydrogen-bond acceptors (Lipinski definition) is 3. The Labute approximate surface area is 161 Å². The fourth-order valence-electron chi connectivity index (χ4n) is 2.79. The van der Waals surface area contributed by atoms with Gasteiger partial charge in [-0.1, -0.05) is 28.1 Å². The van der Waals surface area contributed by atoms with E-state index in [2.05, 4.69) is 21.2 Å². The fraction of sp³-hybridized carbons (Fsp3) is 0.222. The van der Waals surface area contributed by atoms with E-state index in [-0.39, 0.29) is 6.54 Å². The number of benzene rings is 2. The first-order valence-corrected chi connectivity index (χ1v) is 8.61. The van der Waals surface area contributed by atoms with Crippen molar-refractivity contribution in [2.24, 2.45) is 0 Å². The predicted molar refractivity (Wildman–Crippen MR) is 94.0 cm³/mol. The molecule has 1 aliphatic rings. The van der Waals surface area contributed by atoms with E-state index in [1.54, 1.807) is 18.2 Å². The van der Waals surface area contributed by atoms with Gasteiger partial charge in [0.15, 0.2) is 0 Å². The van der Waals surface area contributed by atoms with Crippen LogP contribution in [-0.2, 0) is 17.5 Å². The third-order valence-electron chi connectivity index (χ3n) is 4.15. The molecule has 0 saturated carbocycles. The summed E-state index contributed by atoms with van der Waals surface area (Å²) >= 11 is 3.31. The maximum Gasteiger partial charge on any atom is 0.416 e. The molecule has 1 saturated heterocycles. The van der Waals surface area contributed by atoms with Crippen LogP contribution >= 0.6 is 15.9 Å². The van der Waals surface area contributed by atoms with Gasteiger partial charge in [0.05, 0.1) is 19.2 Å². The van der Waals surface area contributed by atoms with Crippen LogP contribution in [0.25, 0.3) is 0 Å². The molecule has 2 aromatic carbocycles. The van der Waals surface area contributed by atoms with Gasteiger partial charge in [-0.2, -0.15) is 13.2 Å². The monoisotopic (exact) mass is 442 g/mol. The van der Waals surface area contributed by atoms with E-state index < -0.39 is 29.7 Å². The smallest absolute Gasteiger partial charge is 0.416 e. The van der Waals surface area contributed by atoms with Crippen molar-refractivity contribution in [3.05, 3.63) is 63.6 Å². The van der Waals surface area contributed by atoms with Crippen molar-refractivity contribution < 1.29 is 27.5 Å². The molecule has 3 rings (SSSR count). The molecule has 5 nitrogen and oxygen atoms in total. The van der Waals surface area contributed by atoms with Crippen molar-refractivity contribution in [2.75, 3.05) is 7.11 Å². The Balaban J connectivity index is 1.82. The number of nitrogens with zero attached hydrogens (tertiary/aromatic N) is 1. The second-order valence-corrected chi connectivity index (χ2v) is 6.80. The fourth-order valence-corrected chi connectivity index (χ4v) is 3.17. The third-order valence-corrected chi connectivity index (χ3v) is 4.64. The molecule has 0 aliphatic carbocycles. The highest BCUT2D eigenvalue weighted by atomic mass is 79.9. The second kappa shape index (κ2) is 7.22. The summed E-state index contributed by atoms with van der Waals surface area (Å²) in [6.07, 6.45) is -4.44. The summed E-state index contributed by atoms with van der Waals surface area (Å²) in [4.78, 5) is 25.9. The van der Waals surface area contributed by atoms with Crippen molar-refractivity contribution in [1.82, 2.24) is 10.2 Å². The zero-order valence-corrected chi connectivity index (χ0v) is 15.6. The van der Waals surface area contributed by atoms with Crippen molar-refractivity contribution in [3.8, 4) is 5.75 Å². The molecular weight excluding hydrogens is 429 g/mol. The number of carbonyl (C=O) groups excluding carboxylic acids is 2. The standard InChI is InChI=1S/C18H14BrF3N2O3/c1-27-14-7-6-12(19)8-13(14)15-16(25)24(17(26)23-15)9-10-2-4-11(5-3-10)18(20,21)22/h2-8,15H,9H2,1H3,(H,23,26)/t15-/m1/s1. The molecule has 1 fully saturated rings. The Morgan fingerprint density at radius 2 is 1.81 bits per heavy atom. The van der Waals surface area contributed by atoms with E-state index in [1.807, 2.05) is 0 Å². The van der Waals surface area contributed by atoms with Gasteiger partial charge in [0, 0.05) is 10.0 Å². The van der Waals surface area contributed by atoms with Crippen molar-refractivity contribution in [3.63, 3.8) is 0 Å². The summed E-state index contributed by atoms with van der Waals surface area (Å²) in [7, 11) is 1.45. The number of amides is 3. The van der Waals surface area contributed by atoms with Gasteiger partial charge < -0.3 is 10.1 Å². The van der Waals surface area contributed by atoms with Crippen LogP contribution < -0.4 is 10.1 Å². The van der Waals surface area contributed by atoms with Crippen LogP contribution in [0.3, 0.4) is 0 Å². The molecule has 9 heteroatoms. The first-order valence-electron chi connectivity index (χ1n) is 7.82. The van der Waals surface area contributed by atoms with Crippen LogP contribution in [0.4, 0.5) is 18.0 Å². The first kappa shape index (κ1) is 19.2. The number of imide groups is 1. The normalized spacial score (nSPS) is 17.2. The topological polar surface area (TPSA) is 58.6 Å². The van der Waals surface area contributed by atoms with Gasteiger partial charge in [-0.15, -0.1) is 0 Å². The highest BCUT2D eigenvalue weighted by molar-refractivity contribution is 9.10. The van der Waals surface area contributed by atoms with Gasteiger partial charge in [0.1, 0.15) is 11.8 Å². The maximum absolute atomic E-state index is 12.7. The first-order chi connectivity index (χ1) is 12.7. The maximum atomic E-state index is 12.7. The number of urea groups is 1. The van der Waals surface area contributed by atoms with Crippen LogP contribution in [-0.4, -0.2) is 23.9 Å². The lowest BCUT2D eigenvalue weighted by Gasteiger charge is -2.15. The van der Waals surface area contributed by atoms with Gasteiger partial charge in [0.25, 0.3) is 5.91 Å². The van der Waals surface area contributed by atoms with Gasteiger partial charge >= 0.3 is 12.2 Å².